The molecule has 1 heterocycles. The smallest absolute Gasteiger partial charge is 0.234 e. The van der Waals surface area contributed by atoms with Crippen LogP contribution < -0.4 is 19.5 Å². The number of halogens is 2. The van der Waals surface area contributed by atoms with Crippen molar-refractivity contribution in [2.24, 2.45) is 0 Å². The van der Waals surface area contributed by atoms with Crippen molar-refractivity contribution >= 4 is 46.6 Å². The van der Waals surface area contributed by atoms with Crippen molar-refractivity contribution in [3.05, 3.63) is 63.9 Å². The summed E-state index contributed by atoms with van der Waals surface area (Å²) in [4.78, 5) is 12.7. The average molecular weight is 551 g/mol. The van der Waals surface area contributed by atoms with Crippen LogP contribution in [-0.4, -0.2) is 40.6 Å². The van der Waals surface area contributed by atoms with E-state index >= 15 is 0 Å². The number of benzene rings is 2. The topological polar surface area (TPSA) is 87.5 Å². The number of aryl methyl sites for hydroxylation is 2. The molecule has 2 aromatic carbocycles. The van der Waals surface area contributed by atoms with Gasteiger partial charge in [-0.1, -0.05) is 41.0 Å². The second kappa shape index (κ2) is 12.4. The van der Waals surface area contributed by atoms with E-state index in [0.717, 1.165) is 16.1 Å². The highest BCUT2D eigenvalue weighted by Crippen LogP contribution is 2.36. The number of hydrogen-bond donors (Lipinski definition) is 1. The Bertz CT molecular complexity index is 1240. The van der Waals surface area contributed by atoms with Crippen molar-refractivity contribution in [3.8, 4) is 17.2 Å². The summed E-state index contributed by atoms with van der Waals surface area (Å²) in [7, 11) is 3.00. The molecule has 0 spiro atoms. The minimum absolute atomic E-state index is 0.0915. The first-order chi connectivity index (χ1) is 17.2. The second-order valence-corrected chi connectivity index (χ2v) is 9.62. The number of methoxy groups -OCH3 is 2. The molecule has 1 atom stereocenters. The van der Waals surface area contributed by atoms with Crippen LogP contribution >= 0.6 is 35.0 Å². The van der Waals surface area contributed by atoms with Gasteiger partial charge in [0.2, 0.25) is 5.91 Å². The maximum Gasteiger partial charge on any atom is 0.234 e. The molecule has 11 heteroatoms. The third-order valence-electron chi connectivity index (χ3n) is 5.22. The zero-order chi connectivity index (χ0) is 26.4. The molecule has 0 bridgehead atoms. The number of nitrogens with zero attached hydrogens (tertiary/aromatic N) is 3. The van der Waals surface area contributed by atoms with Crippen LogP contribution in [-0.2, 0) is 11.3 Å². The third-order valence-corrected chi connectivity index (χ3v) is 7.08. The van der Waals surface area contributed by atoms with Crippen molar-refractivity contribution in [1.29, 1.82) is 0 Å². The first-order valence-electron chi connectivity index (χ1n) is 11.0. The number of hydrogen-bond acceptors (Lipinski definition) is 7. The fourth-order valence-electron chi connectivity index (χ4n) is 3.51. The van der Waals surface area contributed by atoms with Gasteiger partial charge < -0.3 is 19.5 Å². The third kappa shape index (κ3) is 6.46. The summed E-state index contributed by atoms with van der Waals surface area (Å²) in [5.74, 6) is 2.00. The highest BCUT2D eigenvalue weighted by molar-refractivity contribution is 7.99. The molecule has 3 aromatic rings. The first kappa shape index (κ1) is 27.7. The van der Waals surface area contributed by atoms with E-state index in [1.807, 2.05) is 37.5 Å². The van der Waals surface area contributed by atoms with E-state index < -0.39 is 6.10 Å². The number of amides is 1. The van der Waals surface area contributed by atoms with Gasteiger partial charge >= 0.3 is 0 Å². The predicted octanol–water partition coefficient (Wildman–Crippen LogP) is 6.28. The van der Waals surface area contributed by atoms with E-state index in [2.05, 4.69) is 22.1 Å². The summed E-state index contributed by atoms with van der Waals surface area (Å²) < 4.78 is 18.6. The minimum Gasteiger partial charge on any atom is -0.495 e. The van der Waals surface area contributed by atoms with Crippen molar-refractivity contribution in [3.63, 3.8) is 0 Å². The lowest BCUT2D eigenvalue weighted by Crippen LogP contribution is -2.16. The average Bonchev–Trinajstić information content (AvgIpc) is 3.24. The summed E-state index contributed by atoms with van der Waals surface area (Å²) in [5.41, 5.74) is 2.32. The summed E-state index contributed by atoms with van der Waals surface area (Å²) in [6.45, 7) is 10.0. The fourth-order valence-corrected chi connectivity index (χ4v) is 4.61. The molecule has 0 fully saturated rings. The molecule has 8 nitrogen and oxygen atoms in total. The van der Waals surface area contributed by atoms with Gasteiger partial charge in [-0.25, -0.2) is 0 Å². The quantitative estimate of drug-likeness (QED) is 0.222. The summed E-state index contributed by atoms with van der Waals surface area (Å²) in [6, 6.07) is 6.97. The number of rotatable bonds is 11. The van der Waals surface area contributed by atoms with E-state index in [4.69, 9.17) is 37.4 Å². The van der Waals surface area contributed by atoms with Gasteiger partial charge in [-0.2, -0.15) is 0 Å². The van der Waals surface area contributed by atoms with Crippen LogP contribution in [0.1, 0.15) is 30.0 Å². The summed E-state index contributed by atoms with van der Waals surface area (Å²) in [5, 5.41) is 13.1. The molecule has 0 saturated heterocycles. The van der Waals surface area contributed by atoms with E-state index in [1.54, 1.807) is 18.2 Å². The number of ether oxygens (including phenoxy) is 3. The molecule has 1 amide bonds. The standard InChI is InChI=1S/C25H28Cl2N4O4S/c1-7-8-31-24(16(4)35-17-9-14(2)23(27)15(3)10-17)29-30-25(31)36-13-22(32)28-19-12-20(33-5)18(26)11-21(19)34-6/h7,9-12,16H,1,8,13H2,2-6H3,(H,28,32). The lowest BCUT2D eigenvalue weighted by molar-refractivity contribution is -0.113. The molecule has 1 N–H and O–H groups in total. The Balaban J connectivity index is 1.73. The Morgan fingerprint density at radius 1 is 1.14 bits per heavy atom. The van der Waals surface area contributed by atoms with Gasteiger partial charge in [0, 0.05) is 23.7 Å². The Labute approximate surface area is 224 Å². The van der Waals surface area contributed by atoms with E-state index in [1.165, 1.54) is 26.0 Å². The highest BCUT2D eigenvalue weighted by atomic mass is 35.5. The van der Waals surface area contributed by atoms with Crippen molar-refractivity contribution in [1.82, 2.24) is 14.8 Å². The van der Waals surface area contributed by atoms with E-state index in [9.17, 15) is 4.79 Å². The Morgan fingerprint density at radius 2 is 1.81 bits per heavy atom. The lowest BCUT2D eigenvalue weighted by atomic mass is 10.1. The highest BCUT2D eigenvalue weighted by Gasteiger charge is 2.21. The molecular formula is C25H28Cl2N4O4S. The molecule has 36 heavy (non-hydrogen) atoms. The number of nitrogens with one attached hydrogen (secondary N) is 1. The number of carbonyl (C=O) groups is 1. The largest absolute Gasteiger partial charge is 0.495 e. The van der Waals surface area contributed by atoms with Gasteiger partial charge in [-0.05, 0) is 44.0 Å². The number of carbonyl (C=O) groups excluding carboxylic acids is 1. The SMILES string of the molecule is C=CCn1c(SCC(=O)Nc2cc(OC)c(Cl)cc2OC)nnc1C(C)Oc1cc(C)c(Cl)c(C)c1. The van der Waals surface area contributed by atoms with Gasteiger partial charge in [-0.15, -0.1) is 16.8 Å². The van der Waals surface area contributed by atoms with Gasteiger partial charge in [-0.3, -0.25) is 9.36 Å². The molecule has 192 valence electrons. The van der Waals surface area contributed by atoms with Crippen LogP contribution in [0.4, 0.5) is 5.69 Å². The Kier molecular flexibility index (Phi) is 9.53. The first-order valence-corrected chi connectivity index (χ1v) is 12.7. The zero-order valence-corrected chi connectivity index (χ0v) is 23.1. The molecule has 0 aliphatic heterocycles. The zero-order valence-electron chi connectivity index (χ0n) is 20.7. The van der Waals surface area contributed by atoms with E-state index in [-0.39, 0.29) is 11.7 Å². The molecule has 0 aliphatic carbocycles. The number of allylic oxidation sites excluding steroid dienone is 1. The van der Waals surface area contributed by atoms with Crippen molar-refractivity contribution < 1.29 is 19.0 Å². The number of aromatic nitrogens is 3. The minimum atomic E-state index is -0.397. The van der Waals surface area contributed by atoms with Crippen LogP contribution in [0.2, 0.25) is 10.0 Å². The molecule has 1 unspecified atom stereocenters. The molecule has 0 radical (unpaired) electrons. The summed E-state index contributed by atoms with van der Waals surface area (Å²) in [6.07, 6.45) is 1.34. The lowest BCUT2D eigenvalue weighted by Gasteiger charge is -2.17. The second-order valence-electron chi connectivity index (χ2n) is 7.90. The fraction of sp³-hybridized carbons (Fsp3) is 0.320. The predicted molar refractivity (Wildman–Crippen MR) is 144 cm³/mol. The number of anilines is 1. The monoisotopic (exact) mass is 550 g/mol. The molecular weight excluding hydrogens is 523 g/mol. The van der Waals surface area contributed by atoms with Crippen LogP contribution in [0.25, 0.3) is 0 Å². The van der Waals surface area contributed by atoms with Gasteiger partial charge in [0.05, 0.1) is 30.7 Å². The van der Waals surface area contributed by atoms with Crippen LogP contribution in [0.5, 0.6) is 17.2 Å². The molecule has 0 aliphatic rings. The molecule has 0 saturated carbocycles. The van der Waals surface area contributed by atoms with Crippen LogP contribution in [0.15, 0.2) is 42.1 Å². The van der Waals surface area contributed by atoms with Crippen molar-refractivity contribution in [2.45, 2.75) is 38.6 Å². The van der Waals surface area contributed by atoms with Crippen LogP contribution in [0, 0.1) is 13.8 Å². The van der Waals surface area contributed by atoms with Crippen molar-refractivity contribution in [2.75, 3.05) is 25.3 Å². The molecule has 1 aromatic heterocycles. The number of thioether (sulfide) groups is 1. The maximum absolute atomic E-state index is 12.7. The van der Waals surface area contributed by atoms with Gasteiger partial charge in [0.15, 0.2) is 17.1 Å². The molecule has 3 rings (SSSR count). The Morgan fingerprint density at radius 3 is 2.42 bits per heavy atom. The summed E-state index contributed by atoms with van der Waals surface area (Å²) >= 11 is 13.7. The van der Waals surface area contributed by atoms with Gasteiger partial charge in [0.25, 0.3) is 0 Å². The normalized spacial score (nSPS) is 11.6. The van der Waals surface area contributed by atoms with Crippen LogP contribution in [0.3, 0.4) is 0 Å². The Hall–Kier alpha value is -2.88. The van der Waals surface area contributed by atoms with Gasteiger partial charge in [0.1, 0.15) is 17.2 Å². The maximum atomic E-state index is 12.7. The van der Waals surface area contributed by atoms with E-state index in [0.29, 0.717) is 45.5 Å².